The van der Waals surface area contributed by atoms with Crippen LogP contribution < -0.4 is 0 Å². The van der Waals surface area contributed by atoms with E-state index in [4.69, 9.17) is 0 Å². The van der Waals surface area contributed by atoms with E-state index in [9.17, 15) is 0 Å². The molecule has 0 bridgehead atoms. The topological polar surface area (TPSA) is 0 Å². The normalized spacial score (nSPS) is 10.2. The van der Waals surface area contributed by atoms with E-state index in [1.165, 1.54) is 44.1 Å². The van der Waals surface area contributed by atoms with Crippen LogP contribution in [-0.4, -0.2) is 0 Å². The highest BCUT2D eigenvalue weighted by Crippen LogP contribution is 2.10. The van der Waals surface area contributed by atoms with Gasteiger partial charge in [-0.25, -0.2) is 0 Å². The molecule has 0 radical (unpaired) electrons. The van der Waals surface area contributed by atoms with Crippen LogP contribution in [0.3, 0.4) is 0 Å². The Hall–Kier alpha value is -1.04. The van der Waals surface area contributed by atoms with Crippen molar-refractivity contribution in [2.75, 3.05) is 0 Å². The number of allylic oxidation sites excluding steroid dienone is 5. The quantitative estimate of drug-likeness (QED) is 0.345. The van der Waals surface area contributed by atoms with Gasteiger partial charge in [-0.2, -0.15) is 0 Å². The average molecular weight is 234 g/mol. The van der Waals surface area contributed by atoms with E-state index in [2.05, 4.69) is 39.7 Å². The lowest BCUT2D eigenvalue weighted by Gasteiger charge is -1.99. The van der Waals surface area contributed by atoms with Crippen LogP contribution >= 0.6 is 0 Å². The Kier molecular flexibility index (Phi) is 16.1. The number of hydrogen-bond donors (Lipinski definition) is 0. The molecule has 0 heterocycles. The molecule has 17 heavy (non-hydrogen) atoms. The van der Waals surface area contributed by atoms with Crippen molar-refractivity contribution in [1.29, 1.82) is 0 Å². The van der Waals surface area contributed by atoms with Crippen molar-refractivity contribution in [3.63, 3.8) is 0 Å². The number of hydrogen-bond acceptors (Lipinski definition) is 0. The summed E-state index contributed by atoms with van der Waals surface area (Å²) in [7, 11) is 0. The first-order chi connectivity index (χ1) is 8.12. The third-order valence-corrected chi connectivity index (χ3v) is 2.39. The molecule has 0 amide bonds. The molecular formula is C17H30. The van der Waals surface area contributed by atoms with Crippen LogP contribution in [0.4, 0.5) is 0 Å². The lowest BCUT2D eigenvalue weighted by atomic mass is 10.1. The third kappa shape index (κ3) is 17.6. The molecule has 98 valence electrons. The van der Waals surface area contributed by atoms with Crippen LogP contribution in [0.25, 0.3) is 0 Å². The van der Waals surface area contributed by atoms with Crippen LogP contribution in [0.1, 0.15) is 59.3 Å². The molecule has 0 aromatic carbocycles. The fourth-order valence-electron chi connectivity index (χ4n) is 1.16. The maximum absolute atomic E-state index is 3.82. The Morgan fingerprint density at radius 1 is 1.00 bits per heavy atom. The van der Waals surface area contributed by atoms with Gasteiger partial charge in [-0.15, -0.1) is 0 Å². The Balaban J connectivity index is 0. The second-order valence-electron chi connectivity index (χ2n) is 4.28. The predicted molar refractivity (Wildman–Crippen MR) is 82.3 cm³/mol. The molecule has 0 saturated heterocycles. The zero-order valence-corrected chi connectivity index (χ0v) is 12.1. The molecule has 0 unspecified atom stereocenters. The summed E-state index contributed by atoms with van der Waals surface area (Å²) in [6, 6.07) is 0. The summed E-state index contributed by atoms with van der Waals surface area (Å²) in [5.74, 6) is 0. The first kappa shape index (κ1) is 18.3. The van der Waals surface area contributed by atoms with Gasteiger partial charge in [0.15, 0.2) is 0 Å². The van der Waals surface area contributed by atoms with Gasteiger partial charge >= 0.3 is 0 Å². The van der Waals surface area contributed by atoms with Gasteiger partial charge in [0, 0.05) is 0 Å². The van der Waals surface area contributed by atoms with Gasteiger partial charge in [-0.1, -0.05) is 82.2 Å². The minimum atomic E-state index is 1.02. The van der Waals surface area contributed by atoms with Gasteiger partial charge in [0.1, 0.15) is 0 Å². The molecule has 0 spiro atoms. The Bertz CT molecular complexity index is 230. The lowest BCUT2D eigenvalue weighted by molar-refractivity contribution is 0.778. The maximum Gasteiger partial charge on any atom is -0.0282 e. The number of rotatable bonds is 8. The summed E-state index contributed by atoms with van der Waals surface area (Å²) < 4.78 is 0. The van der Waals surface area contributed by atoms with Crippen molar-refractivity contribution < 1.29 is 0 Å². The average Bonchev–Trinajstić information content (AvgIpc) is 2.34. The summed E-state index contributed by atoms with van der Waals surface area (Å²) in [6.07, 6.45) is 13.7. The van der Waals surface area contributed by atoms with Gasteiger partial charge < -0.3 is 0 Å². The second-order valence-corrected chi connectivity index (χ2v) is 4.28. The molecule has 0 N–H and O–H groups in total. The van der Waals surface area contributed by atoms with Crippen molar-refractivity contribution >= 4 is 0 Å². The Labute approximate surface area is 109 Å². The fraction of sp³-hybridized carbons (Fsp3) is 0.529. The Morgan fingerprint density at radius 3 is 1.88 bits per heavy atom. The van der Waals surface area contributed by atoms with E-state index in [1.807, 2.05) is 13.0 Å². The standard InChI is InChI=1S/C12H22.C5H8/c1-4-7-9-11-12(6-3)10-8-5-2;1-4-5(2)3/h6,11H,3-5,7-10H2,1-2H3;4H,1-2H2,3H3. The highest BCUT2D eigenvalue weighted by Gasteiger charge is 1.90. The first-order valence-electron chi connectivity index (χ1n) is 6.71. The van der Waals surface area contributed by atoms with Crippen LogP contribution in [0.5, 0.6) is 0 Å². The largest absolute Gasteiger partial charge is 0.0988 e. The molecule has 0 aromatic heterocycles. The molecule has 0 fully saturated rings. The van der Waals surface area contributed by atoms with Gasteiger partial charge in [-0.05, 0) is 26.2 Å². The monoisotopic (exact) mass is 234 g/mol. The molecule has 0 rings (SSSR count). The number of unbranched alkanes of at least 4 members (excludes halogenated alkanes) is 3. The first-order valence-corrected chi connectivity index (χ1v) is 6.71. The zero-order chi connectivity index (χ0) is 13.5. The molecule has 0 heteroatoms. The summed E-state index contributed by atoms with van der Waals surface area (Å²) in [6.45, 7) is 17.2. The van der Waals surface area contributed by atoms with Crippen molar-refractivity contribution in [2.45, 2.75) is 59.3 Å². The molecule has 0 saturated carbocycles. The van der Waals surface area contributed by atoms with Crippen molar-refractivity contribution in [2.24, 2.45) is 0 Å². The fourth-order valence-corrected chi connectivity index (χ4v) is 1.16. The van der Waals surface area contributed by atoms with Gasteiger partial charge in [-0.3, -0.25) is 0 Å². The van der Waals surface area contributed by atoms with E-state index >= 15 is 0 Å². The second kappa shape index (κ2) is 15.0. The minimum Gasteiger partial charge on any atom is -0.0988 e. The summed E-state index contributed by atoms with van der Waals surface area (Å²) in [4.78, 5) is 0. The molecule has 0 aliphatic rings. The van der Waals surface area contributed by atoms with Crippen molar-refractivity contribution in [3.05, 3.63) is 49.1 Å². The van der Waals surface area contributed by atoms with Crippen LogP contribution in [0.15, 0.2) is 49.1 Å². The van der Waals surface area contributed by atoms with E-state index < -0.39 is 0 Å². The smallest absolute Gasteiger partial charge is 0.0282 e. The molecule has 0 atom stereocenters. The SMILES string of the molecule is C=CC(=C)C.C=CC(=CCCCC)CCCC. The lowest BCUT2D eigenvalue weighted by Crippen LogP contribution is -1.79. The zero-order valence-electron chi connectivity index (χ0n) is 12.1. The van der Waals surface area contributed by atoms with Crippen LogP contribution in [-0.2, 0) is 0 Å². The van der Waals surface area contributed by atoms with Crippen molar-refractivity contribution in [3.8, 4) is 0 Å². The third-order valence-electron chi connectivity index (χ3n) is 2.39. The highest BCUT2D eigenvalue weighted by molar-refractivity contribution is 5.15. The molecule has 0 nitrogen and oxygen atoms in total. The van der Waals surface area contributed by atoms with E-state index in [0.29, 0.717) is 0 Å². The van der Waals surface area contributed by atoms with Crippen molar-refractivity contribution in [1.82, 2.24) is 0 Å². The van der Waals surface area contributed by atoms with E-state index in [0.717, 1.165) is 5.57 Å². The summed E-state index contributed by atoms with van der Waals surface area (Å²) in [5.41, 5.74) is 2.45. The van der Waals surface area contributed by atoms with Crippen LogP contribution in [0, 0.1) is 0 Å². The minimum absolute atomic E-state index is 1.02. The Morgan fingerprint density at radius 2 is 1.53 bits per heavy atom. The van der Waals surface area contributed by atoms with Gasteiger partial charge in [0.05, 0.1) is 0 Å². The summed E-state index contributed by atoms with van der Waals surface area (Å²) in [5, 5.41) is 0. The predicted octanol–water partition coefficient (Wildman–Crippen LogP) is 6.23. The van der Waals surface area contributed by atoms with Crippen LogP contribution in [0.2, 0.25) is 0 Å². The van der Waals surface area contributed by atoms with E-state index in [-0.39, 0.29) is 0 Å². The highest BCUT2D eigenvalue weighted by atomic mass is 14.0. The molecule has 0 aliphatic carbocycles. The molecule has 0 aliphatic heterocycles. The molecular weight excluding hydrogens is 204 g/mol. The van der Waals surface area contributed by atoms with E-state index in [1.54, 1.807) is 6.08 Å². The maximum atomic E-state index is 3.82. The summed E-state index contributed by atoms with van der Waals surface area (Å²) >= 11 is 0. The molecule has 0 aromatic rings. The van der Waals surface area contributed by atoms with Gasteiger partial charge in [0.2, 0.25) is 0 Å². The van der Waals surface area contributed by atoms with Gasteiger partial charge in [0.25, 0.3) is 0 Å².